The first kappa shape index (κ1) is 12.2. The van der Waals surface area contributed by atoms with Crippen molar-refractivity contribution in [2.24, 2.45) is 16.6 Å². The van der Waals surface area contributed by atoms with Crippen LogP contribution in [-0.4, -0.2) is 11.4 Å². The summed E-state index contributed by atoms with van der Waals surface area (Å²) in [6.45, 7) is 6.28. The van der Waals surface area contributed by atoms with Gasteiger partial charge in [-0.2, -0.15) is 0 Å². The van der Waals surface area contributed by atoms with Crippen molar-refractivity contribution in [2.45, 2.75) is 45.6 Å². The van der Waals surface area contributed by atoms with E-state index in [4.69, 9.17) is 5.73 Å². The Hall–Kier alpha value is -1.31. The highest BCUT2D eigenvalue weighted by atomic mass is 14.9. The first-order valence-electron chi connectivity index (χ1n) is 6.38. The number of rotatable bonds is 1. The van der Waals surface area contributed by atoms with Crippen molar-refractivity contribution in [1.82, 2.24) is 0 Å². The summed E-state index contributed by atoms with van der Waals surface area (Å²) in [7, 11) is 0. The Kier molecular flexibility index (Phi) is 3.23. The molecule has 2 N–H and O–H groups in total. The Labute approximate surface area is 104 Å². The lowest BCUT2D eigenvalue weighted by Crippen LogP contribution is -2.31. The normalized spacial score (nSPS) is 21.1. The minimum Gasteiger partial charge on any atom is -0.387 e. The predicted octanol–water partition coefficient (Wildman–Crippen LogP) is 2.95. The molecule has 0 fully saturated rings. The van der Waals surface area contributed by atoms with Gasteiger partial charge in [-0.15, -0.1) is 0 Å². The Balaban J connectivity index is 2.15. The first-order chi connectivity index (χ1) is 7.96. The fourth-order valence-electron chi connectivity index (χ4n) is 2.43. The van der Waals surface area contributed by atoms with Gasteiger partial charge in [-0.3, -0.25) is 4.99 Å². The molecule has 92 valence electrons. The summed E-state index contributed by atoms with van der Waals surface area (Å²) in [5.74, 6) is 1.25. The molecule has 0 spiro atoms. The molecule has 1 aliphatic carbocycles. The predicted molar refractivity (Wildman–Crippen MR) is 73.3 cm³/mol. The molecule has 0 aromatic heterocycles. The monoisotopic (exact) mass is 230 g/mol. The number of hydrogen-bond donors (Lipinski definition) is 1. The summed E-state index contributed by atoms with van der Waals surface area (Å²) in [6, 6.07) is 8.67. The van der Waals surface area contributed by atoms with Crippen molar-refractivity contribution < 1.29 is 0 Å². The number of nitrogens with zero attached hydrogens (tertiary/aromatic N) is 1. The van der Waals surface area contributed by atoms with Gasteiger partial charge in [0.2, 0.25) is 0 Å². The molecule has 0 amide bonds. The number of nitrogens with two attached hydrogens (primary N) is 1. The third-order valence-corrected chi connectivity index (χ3v) is 3.23. The molecule has 1 aromatic rings. The van der Waals surface area contributed by atoms with Gasteiger partial charge in [-0.05, 0) is 51.2 Å². The molecule has 2 heteroatoms. The fraction of sp³-hybridized carbons (Fsp3) is 0.533. The number of benzene rings is 1. The van der Waals surface area contributed by atoms with Crippen LogP contribution in [0.1, 0.15) is 38.3 Å². The van der Waals surface area contributed by atoms with Gasteiger partial charge in [0.15, 0.2) is 0 Å². The molecule has 1 aliphatic rings. The molecule has 0 saturated heterocycles. The topological polar surface area (TPSA) is 38.4 Å². The van der Waals surface area contributed by atoms with Gasteiger partial charge < -0.3 is 5.73 Å². The van der Waals surface area contributed by atoms with E-state index in [1.54, 1.807) is 0 Å². The number of hydrogen-bond acceptors (Lipinski definition) is 1. The van der Waals surface area contributed by atoms with Crippen LogP contribution >= 0.6 is 0 Å². The highest BCUT2D eigenvalue weighted by Gasteiger charge is 2.22. The van der Waals surface area contributed by atoms with E-state index in [1.807, 2.05) is 0 Å². The molecule has 1 atom stereocenters. The van der Waals surface area contributed by atoms with E-state index in [2.05, 4.69) is 50.0 Å². The molecule has 2 rings (SSSR count). The van der Waals surface area contributed by atoms with Crippen LogP contribution in [0.4, 0.5) is 0 Å². The van der Waals surface area contributed by atoms with Gasteiger partial charge in [-0.25, -0.2) is 0 Å². The Morgan fingerprint density at radius 1 is 1.24 bits per heavy atom. The minimum atomic E-state index is -0.0684. The highest BCUT2D eigenvalue weighted by Crippen LogP contribution is 2.26. The summed E-state index contributed by atoms with van der Waals surface area (Å²) in [4.78, 5) is 4.60. The van der Waals surface area contributed by atoms with Crippen molar-refractivity contribution in [1.29, 1.82) is 0 Å². The number of aliphatic imine (C=N–C) groups is 1. The van der Waals surface area contributed by atoms with E-state index in [9.17, 15) is 0 Å². The van der Waals surface area contributed by atoms with E-state index in [0.29, 0.717) is 5.92 Å². The van der Waals surface area contributed by atoms with Crippen LogP contribution in [0.2, 0.25) is 0 Å². The molecular weight excluding hydrogens is 208 g/mol. The maximum absolute atomic E-state index is 6.14. The van der Waals surface area contributed by atoms with Crippen molar-refractivity contribution in [3.63, 3.8) is 0 Å². The van der Waals surface area contributed by atoms with Crippen molar-refractivity contribution in [3.8, 4) is 0 Å². The van der Waals surface area contributed by atoms with Gasteiger partial charge in [0, 0.05) is 5.92 Å². The summed E-state index contributed by atoms with van der Waals surface area (Å²) in [5.41, 5.74) is 8.99. The zero-order valence-electron chi connectivity index (χ0n) is 11.0. The summed E-state index contributed by atoms with van der Waals surface area (Å²) >= 11 is 0. The van der Waals surface area contributed by atoms with Gasteiger partial charge in [0.25, 0.3) is 0 Å². The number of amidine groups is 1. The molecule has 0 heterocycles. The zero-order valence-corrected chi connectivity index (χ0v) is 11.0. The fourth-order valence-corrected chi connectivity index (χ4v) is 2.43. The quantitative estimate of drug-likeness (QED) is 0.584. The average Bonchev–Trinajstić information content (AvgIpc) is 2.26. The van der Waals surface area contributed by atoms with E-state index in [-0.39, 0.29) is 5.54 Å². The minimum absolute atomic E-state index is 0.0684. The molecule has 0 radical (unpaired) electrons. The van der Waals surface area contributed by atoms with Crippen molar-refractivity contribution >= 4 is 5.84 Å². The van der Waals surface area contributed by atoms with E-state index in [1.165, 1.54) is 11.1 Å². The molecule has 17 heavy (non-hydrogen) atoms. The molecule has 2 nitrogen and oxygen atoms in total. The smallest absolute Gasteiger partial charge is 0.0978 e. The maximum Gasteiger partial charge on any atom is 0.0978 e. The zero-order chi connectivity index (χ0) is 12.5. The third kappa shape index (κ3) is 3.09. The van der Waals surface area contributed by atoms with Crippen molar-refractivity contribution in [2.75, 3.05) is 0 Å². The SMILES string of the molecule is CC(C)(C)N=C(N)C1CCc2ccccc2C1. The summed E-state index contributed by atoms with van der Waals surface area (Å²) in [5, 5.41) is 0. The second-order valence-electron chi connectivity index (χ2n) is 5.92. The van der Waals surface area contributed by atoms with Gasteiger partial charge in [-0.1, -0.05) is 24.3 Å². The molecule has 1 unspecified atom stereocenters. The van der Waals surface area contributed by atoms with Gasteiger partial charge in [0.1, 0.15) is 0 Å². The standard InChI is InChI=1S/C15H22N2/c1-15(2,3)17-14(16)13-9-8-11-6-4-5-7-12(11)10-13/h4-7,13H,8-10H2,1-3H3,(H2,16,17). The van der Waals surface area contributed by atoms with Gasteiger partial charge in [0.05, 0.1) is 11.4 Å². The van der Waals surface area contributed by atoms with Crippen LogP contribution in [0.3, 0.4) is 0 Å². The molecule has 0 saturated carbocycles. The van der Waals surface area contributed by atoms with Crippen LogP contribution in [0.5, 0.6) is 0 Å². The lowest BCUT2D eigenvalue weighted by molar-refractivity contribution is 0.542. The lowest BCUT2D eigenvalue weighted by atomic mass is 9.83. The van der Waals surface area contributed by atoms with Crippen LogP contribution in [0, 0.1) is 5.92 Å². The van der Waals surface area contributed by atoms with E-state index >= 15 is 0 Å². The summed E-state index contributed by atoms with van der Waals surface area (Å²) < 4.78 is 0. The summed E-state index contributed by atoms with van der Waals surface area (Å²) in [6.07, 6.45) is 3.30. The van der Waals surface area contributed by atoms with E-state index < -0.39 is 0 Å². The first-order valence-corrected chi connectivity index (χ1v) is 6.38. The maximum atomic E-state index is 6.14. The van der Waals surface area contributed by atoms with Crippen LogP contribution in [0.15, 0.2) is 29.3 Å². The average molecular weight is 230 g/mol. The second kappa shape index (κ2) is 4.52. The van der Waals surface area contributed by atoms with Crippen LogP contribution < -0.4 is 5.73 Å². The largest absolute Gasteiger partial charge is 0.387 e. The molecule has 1 aromatic carbocycles. The Bertz CT molecular complexity index is 427. The van der Waals surface area contributed by atoms with Gasteiger partial charge >= 0.3 is 0 Å². The second-order valence-corrected chi connectivity index (χ2v) is 5.92. The molecule has 0 aliphatic heterocycles. The molecule has 0 bridgehead atoms. The van der Waals surface area contributed by atoms with Crippen molar-refractivity contribution in [3.05, 3.63) is 35.4 Å². The number of fused-ring (bicyclic) bond motifs is 1. The highest BCUT2D eigenvalue weighted by molar-refractivity contribution is 5.83. The Morgan fingerprint density at radius 2 is 1.88 bits per heavy atom. The Morgan fingerprint density at radius 3 is 2.53 bits per heavy atom. The third-order valence-electron chi connectivity index (χ3n) is 3.23. The lowest BCUT2D eigenvalue weighted by Gasteiger charge is -2.26. The van der Waals surface area contributed by atoms with Crippen LogP contribution in [-0.2, 0) is 12.8 Å². The van der Waals surface area contributed by atoms with Crippen LogP contribution in [0.25, 0.3) is 0 Å². The van der Waals surface area contributed by atoms with E-state index in [0.717, 1.165) is 25.1 Å². The number of aryl methyl sites for hydroxylation is 1. The molecular formula is C15H22N2.